The molecule has 172 valence electrons. The van der Waals surface area contributed by atoms with E-state index in [0.29, 0.717) is 32.7 Å². The maximum Gasteiger partial charge on any atom is 0.356 e. The Morgan fingerprint density at radius 1 is 1.03 bits per heavy atom. The summed E-state index contributed by atoms with van der Waals surface area (Å²) < 4.78 is 11.9. The Morgan fingerprint density at radius 3 is 2.44 bits per heavy atom. The third-order valence-electron chi connectivity index (χ3n) is 5.90. The number of carbonyl (C=O) groups excluding carboxylic acids is 1. The topological polar surface area (TPSA) is 64.2 Å². The predicted molar refractivity (Wildman–Crippen MR) is 135 cm³/mol. The van der Waals surface area contributed by atoms with E-state index >= 15 is 0 Å². The molecule has 34 heavy (non-hydrogen) atoms. The predicted octanol–water partition coefficient (Wildman–Crippen LogP) is 7.52. The number of benzene rings is 3. The van der Waals surface area contributed by atoms with Gasteiger partial charge in [0.2, 0.25) is 0 Å². The lowest BCUT2D eigenvalue weighted by Gasteiger charge is -2.34. The summed E-state index contributed by atoms with van der Waals surface area (Å²) in [6, 6.07) is 19.5. The largest absolute Gasteiger partial charge is 0.482 e. The molecule has 0 saturated carbocycles. The van der Waals surface area contributed by atoms with Crippen LogP contribution in [-0.2, 0) is 10.3 Å². The van der Waals surface area contributed by atoms with Gasteiger partial charge in [0.25, 0.3) is 0 Å². The highest BCUT2D eigenvalue weighted by Gasteiger charge is 2.41. The van der Waals surface area contributed by atoms with Gasteiger partial charge in [0, 0.05) is 21.7 Å². The molecule has 5 nitrogen and oxygen atoms in total. The average molecular weight is 493 g/mol. The first-order valence-electron chi connectivity index (χ1n) is 10.9. The van der Waals surface area contributed by atoms with Crippen molar-refractivity contribution in [3.8, 4) is 39.3 Å². The van der Waals surface area contributed by atoms with Crippen molar-refractivity contribution in [1.29, 1.82) is 0 Å². The summed E-state index contributed by atoms with van der Waals surface area (Å²) in [6.07, 6.45) is 0. The Labute approximate surface area is 207 Å². The second-order valence-corrected chi connectivity index (χ2v) is 9.35. The second-order valence-electron chi connectivity index (χ2n) is 8.51. The smallest absolute Gasteiger partial charge is 0.356 e. The third-order valence-corrected chi connectivity index (χ3v) is 6.45. The number of esters is 1. The van der Waals surface area contributed by atoms with E-state index in [1.807, 2.05) is 68.4 Å². The molecule has 0 amide bonds. The van der Waals surface area contributed by atoms with Gasteiger partial charge in [-0.05, 0) is 50.1 Å². The van der Waals surface area contributed by atoms with Gasteiger partial charge in [0.05, 0.1) is 17.2 Å². The second kappa shape index (κ2) is 8.49. The van der Waals surface area contributed by atoms with Crippen LogP contribution in [0.3, 0.4) is 0 Å². The van der Waals surface area contributed by atoms with Crippen molar-refractivity contribution in [3.05, 3.63) is 82.0 Å². The quantitative estimate of drug-likeness (QED) is 0.299. The van der Waals surface area contributed by atoms with Gasteiger partial charge in [-0.1, -0.05) is 65.7 Å². The maximum absolute atomic E-state index is 12.6. The van der Waals surface area contributed by atoms with E-state index in [9.17, 15) is 4.79 Å². The minimum atomic E-state index is -0.861. The van der Waals surface area contributed by atoms with E-state index in [-0.39, 0.29) is 6.61 Å². The highest BCUT2D eigenvalue weighted by molar-refractivity contribution is 6.36. The third kappa shape index (κ3) is 3.65. The number of ether oxygens (including phenoxy) is 2. The molecule has 0 saturated heterocycles. The molecule has 0 spiro atoms. The van der Waals surface area contributed by atoms with Gasteiger partial charge >= 0.3 is 5.97 Å². The number of aromatic amines is 1. The summed E-state index contributed by atoms with van der Waals surface area (Å²) >= 11 is 12.9. The Kier molecular flexibility index (Phi) is 5.62. The molecular weight excluding hydrogens is 471 g/mol. The molecule has 0 unspecified atom stereocenters. The molecule has 7 heteroatoms. The van der Waals surface area contributed by atoms with E-state index < -0.39 is 11.6 Å². The molecule has 0 bridgehead atoms. The fourth-order valence-electron chi connectivity index (χ4n) is 4.47. The zero-order valence-corrected chi connectivity index (χ0v) is 20.4. The Balaban J connectivity index is 1.82. The van der Waals surface area contributed by atoms with Crippen LogP contribution in [0.5, 0.6) is 5.75 Å². The van der Waals surface area contributed by atoms with Crippen LogP contribution in [0.15, 0.2) is 60.7 Å². The van der Waals surface area contributed by atoms with Crippen LogP contribution >= 0.6 is 23.2 Å². The molecule has 2 heterocycles. The number of fused-ring (bicyclic) bond motifs is 3. The lowest BCUT2D eigenvalue weighted by atomic mass is 9.84. The van der Waals surface area contributed by atoms with Crippen LogP contribution in [0.25, 0.3) is 33.5 Å². The zero-order chi connectivity index (χ0) is 24.0. The summed E-state index contributed by atoms with van der Waals surface area (Å²) in [5.74, 6) is 0.184. The molecule has 0 radical (unpaired) electrons. The molecule has 1 N–H and O–H groups in total. The molecule has 0 aliphatic carbocycles. The number of hydrogen-bond acceptors (Lipinski definition) is 4. The van der Waals surface area contributed by atoms with Crippen molar-refractivity contribution >= 4 is 29.2 Å². The first kappa shape index (κ1) is 22.5. The first-order chi connectivity index (χ1) is 16.3. The van der Waals surface area contributed by atoms with E-state index in [4.69, 9.17) is 32.7 Å². The SMILES string of the molecule is CCOC(=O)c1[nH]nc2c1C(C)(C)Oc1c-2ccc(-c2ccccc2)c1-c1ccc(Cl)cc1Cl. The minimum Gasteiger partial charge on any atom is -0.482 e. The normalized spacial score (nSPS) is 13.6. The number of nitrogens with one attached hydrogen (secondary N) is 1. The number of hydrogen-bond donors (Lipinski definition) is 1. The van der Waals surface area contributed by atoms with Crippen LogP contribution in [0, 0.1) is 0 Å². The van der Waals surface area contributed by atoms with Gasteiger partial charge in [0.15, 0.2) is 5.69 Å². The van der Waals surface area contributed by atoms with Crippen LogP contribution in [-0.4, -0.2) is 22.8 Å². The molecule has 1 aromatic heterocycles. The van der Waals surface area contributed by atoms with Crippen LogP contribution in [0.4, 0.5) is 0 Å². The summed E-state index contributed by atoms with van der Waals surface area (Å²) in [5, 5.41) is 8.45. The summed E-state index contributed by atoms with van der Waals surface area (Å²) in [7, 11) is 0. The van der Waals surface area contributed by atoms with Gasteiger partial charge in [-0.3, -0.25) is 5.10 Å². The Bertz CT molecular complexity index is 1410. The lowest BCUT2D eigenvalue weighted by Crippen LogP contribution is -2.31. The standard InChI is InChI=1S/C27H22Cl2N2O3/c1-4-33-26(32)24-22-23(30-31-24)19-13-12-17(15-8-6-5-7-9-15)21(25(19)34-27(22,2)3)18-11-10-16(28)14-20(18)29/h5-14H,4H2,1-3H3,(H,30,31). The highest BCUT2D eigenvalue weighted by Crippen LogP contribution is 2.53. The first-order valence-corrected chi connectivity index (χ1v) is 11.7. The molecule has 1 aliphatic rings. The number of carbonyl (C=O) groups is 1. The van der Waals surface area contributed by atoms with Crippen LogP contribution in [0.2, 0.25) is 10.0 Å². The summed E-state index contributed by atoms with van der Waals surface area (Å²) in [4.78, 5) is 12.6. The van der Waals surface area contributed by atoms with Crippen molar-refractivity contribution in [2.45, 2.75) is 26.4 Å². The number of H-pyrrole nitrogens is 1. The van der Waals surface area contributed by atoms with Gasteiger partial charge < -0.3 is 9.47 Å². The maximum atomic E-state index is 12.6. The van der Waals surface area contributed by atoms with E-state index in [0.717, 1.165) is 27.8 Å². The fourth-order valence-corrected chi connectivity index (χ4v) is 4.98. The molecule has 5 rings (SSSR count). The number of halogens is 2. The van der Waals surface area contributed by atoms with Crippen molar-refractivity contribution in [1.82, 2.24) is 10.2 Å². The molecule has 0 atom stereocenters. The minimum absolute atomic E-state index is 0.268. The highest BCUT2D eigenvalue weighted by atomic mass is 35.5. The Morgan fingerprint density at radius 2 is 1.74 bits per heavy atom. The van der Waals surface area contributed by atoms with E-state index in [2.05, 4.69) is 10.2 Å². The Hall–Kier alpha value is -3.28. The average Bonchev–Trinajstić information content (AvgIpc) is 3.26. The molecule has 1 aliphatic heterocycles. The zero-order valence-electron chi connectivity index (χ0n) is 18.9. The number of rotatable bonds is 4. The monoisotopic (exact) mass is 492 g/mol. The molecule has 4 aromatic rings. The molecule has 3 aromatic carbocycles. The lowest BCUT2D eigenvalue weighted by molar-refractivity contribution is 0.0500. The number of aromatic nitrogens is 2. The molecular formula is C27H22Cl2N2O3. The van der Waals surface area contributed by atoms with Crippen molar-refractivity contribution < 1.29 is 14.3 Å². The van der Waals surface area contributed by atoms with Gasteiger partial charge in [-0.2, -0.15) is 5.10 Å². The van der Waals surface area contributed by atoms with Gasteiger partial charge in [0.1, 0.15) is 17.0 Å². The van der Waals surface area contributed by atoms with E-state index in [1.165, 1.54) is 0 Å². The van der Waals surface area contributed by atoms with Crippen molar-refractivity contribution in [2.75, 3.05) is 6.61 Å². The van der Waals surface area contributed by atoms with Gasteiger partial charge in [-0.15, -0.1) is 0 Å². The van der Waals surface area contributed by atoms with Crippen LogP contribution < -0.4 is 4.74 Å². The van der Waals surface area contributed by atoms with Crippen molar-refractivity contribution in [2.24, 2.45) is 0 Å². The van der Waals surface area contributed by atoms with Crippen molar-refractivity contribution in [3.63, 3.8) is 0 Å². The van der Waals surface area contributed by atoms with Crippen LogP contribution in [0.1, 0.15) is 36.8 Å². The molecule has 0 fully saturated rings. The summed E-state index contributed by atoms with van der Waals surface area (Å²) in [6.45, 7) is 5.86. The summed E-state index contributed by atoms with van der Waals surface area (Å²) in [5.41, 5.74) is 5.14. The number of nitrogens with zero attached hydrogens (tertiary/aromatic N) is 1. The van der Waals surface area contributed by atoms with Gasteiger partial charge in [-0.25, -0.2) is 4.79 Å². The van der Waals surface area contributed by atoms with E-state index in [1.54, 1.807) is 13.0 Å². The fraction of sp³-hybridized carbons (Fsp3) is 0.185.